The third-order valence-corrected chi connectivity index (χ3v) is 2.75. The molecule has 1 saturated carbocycles. The number of ether oxygens (including phenoxy) is 2. The lowest BCUT2D eigenvalue weighted by atomic mass is 9.82. The summed E-state index contributed by atoms with van der Waals surface area (Å²) in [7, 11) is 3.27. The lowest BCUT2D eigenvalue weighted by Gasteiger charge is -2.43. The van der Waals surface area contributed by atoms with Crippen LogP contribution in [0.5, 0.6) is 0 Å². The highest BCUT2D eigenvalue weighted by atomic mass is 16.5. The van der Waals surface area contributed by atoms with Gasteiger partial charge in [0.2, 0.25) is 0 Å². The van der Waals surface area contributed by atoms with Gasteiger partial charge in [-0.3, -0.25) is 0 Å². The van der Waals surface area contributed by atoms with Gasteiger partial charge in [-0.1, -0.05) is 0 Å². The highest BCUT2D eigenvalue weighted by Gasteiger charge is 2.41. The summed E-state index contributed by atoms with van der Waals surface area (Å²) in [4.78, 5) is 0. The Labute approximate surface area is 78.5 Å². The molecule has 3 unspecified atom stereocenters. The molecule has 0 bridgehead atoms. The van der Waals surface area contributed by atoms with Crippen LogP contribution in [0.15, 0.2) is 0 Å². The fourth-order valence-corrected chi connectivity index (χ4v) is 1.74. The summed E-state index contributed by atoms with van der Waals surface area (Å²) in [5.41, 5.74) is 16.6. The summed E-state index contributed by atoms with van der Waals surface area (Å²) < 4.78 is 10.5. The van der Waals surface area contributed by atoms with Crippen molar-refractivity contribution >= 4 is 0 Å². The van der Waals surface area contributed by atoms with E-state index in [0.717, 1.165) is 0 Å². The normalized spacial score (nSPS) is 39.0. The van der Waals surface area contributed by atoms with E-state index in [-0.39, 0.29) is 18.2 Å². The molecule has 0 saturated heterocycles. The molecular formula is C8H19N3O2. The minimum atomic E-state index is -0.838. The van der Waals surface area contributed by atoms with Crippen LogP contribution >= 0.6 is 0 Å². The standard InChI is InChI=1S/C8H19N3O2/c1-12-5-3-7(9)8(10,11)4-6(5)13-2/h5-7H,3-4,9-11H2,1-2H3. The minimum absolute atomic E-state index is 0.000208. The molecule has 6 N–H and O–H groups in total. The average Bonchev–Trinajstić information content (AvgIpc) is 2.08. The van der Waals surface area contributed by atoms with Crippen LogP contribution in [-0.4, -0.2) is 38.1 Å². The van der Waals surface area contributed by atoms with E-state index >= 15 is 0 Å². The molecule has 1 fully saturated rings. The quantitative estimate of drug-likeness (QED) is 0.472. The van der Waals surface area contributed by atoms with E-state index in [1.807, 2.05) is 0 Å². The smallest absolute Gasteiger partial charge is 0.0864 e. The lowest BCUT2D eigenvalue weighted by Crippen LogP contribution is -2.68. The fourth-order valence-electron chi connectivity index (χ4n) is 1.74. The zero-order valence-corrected chi connectivity index (χ0v) is 8.19. The maximum Gasteiger partial charge on any atom is 0.0864 e. The zero-order valence-electron chi connectivity index (χ0n) is 8.19. The number of methoxy groups -OCH3 is 2. The van der Waals surface area contributed by atoms with Gasteiger partial charge in [-0.2, -0.15) is 0 Å². The molecule has 0 heterocycles. The number of rotatable bonds is 2. The second-order valence-corrected chi connectivity index (χ2v) is 3.71. The average molecular weight is 189 g/mol. The van der Waals surface area contributed by atoms with Crippen LogP contribution in [0.2, 0.25) is 0 Å². The van der Waals surface area contributed by atoms with Gasteiger partial charge in [0, 0.05) is 26.7 Å². The summed E-state index contributed by atoms with van der Waals surface area (Å²) in [6.07, 6.45) is 1.12. The molecule has 0 amide bonds. The van der Waals surface area contributed by atoms with Crippen LogP contribution in [0.4, 0.5) is 0 Å². The first-order valence-electron chi connectivity index (χ1n) is 4.40. The molecule has 1 rings (SSSR count). The molecule has 5 nitrogen and oxygen atoms in total. The Morgan fingerprint density at radius 3 is 2.15 bits per heavy atom. The largest absolute Gasteiger partial charge is 0.379 e. The monoisotopic (exact) mass is 189 g/mol. The van der Waals surface area contributed by atoms with Crippen molar-refractivity contribution in [1.29, 1.82) is 0 Å². The van der Waals surface area contributed by atoms with Gasteiger partial charge >= 0.3 is 0 Å². The van der Waals surface area contributed by atoms with Crippen molar-refractivity contribution < 1.29 is 9.47 Å². The Bertz CT molecular complexity index is 175. The summed E-state index contributed by atoms with van der Waals surface area (Å²) in [5.74, 6) is 0. The highest BCUT2D eigenvalue weighted by molar-refractivity contribution is 4.99. The van der Waals surface area contributed by atoms with E-state index in [1.54, 1.807) is 14.2 Å². The van der Waals surface area contributed by atoms with Gasteiger partial charge in [-0.15, -0.1) is 0 Å². The highest BCUT2D eigenvalue weighted by Crippen LogP contribution is 2.25. The SMILES string of the molecule is COC1CC(N)C(N)(N)CC1OC. The van der Waals surface area contributed by atoms with Crippen LogP contribution in [0.1, 0.15) is 12.8 Å². The van der Waals surface area contributed by atoms with Crippen molar-refractivity contribution in [2.45, 2.75) is 36.8 Å². The van der Waals surface area contributed by atoms with E-state index in [1.165, 1.54) is 0 Å². The van der Waals surface area contributed by atoms with E-state index in [4.69, 9.17) is 26.7 Å². The van der Waals surface area contributed by atoms with Crippen LogP contribution in [0, 0.1) is 0 Å². The predicted octanol–water partition coefficient (Wildman–Crippen LogP) is -1.25. The molecule has 1 aliphatic rings. The zero-order chi connectivity index (χ0) is 10.1. The fraction of sp³-hybridized carbons (Fsp3) is 1.00. The van der Waals surface area contributed by atoms with Crippen molar-refractivity contribution in [2.75, 3.05) is 14.2 Å². The second kappa shape index (κ2) is 3.89. The van der Waals surface area contributed by atoms with E-state index in [2.05, 4.69) is 0 Å². The molecular weight excluding hydrogens is 170 g/mol. The van der Waals surface area contributed by atoms with Crippen molar-refractivity contribution in [2.24, 2.45) is 17.2 Å². The molecule has 1 aliphatic carbocycles. The van der Waals surface area contributed by atoms with Crippen LogP contribution < -0.4 is 17.2 Å². The van der Waals surface area contributed by atoms with E-state index in [0.29, 0.717) is 12.8 Å². The molecule has 5 heteroatoms. The molecule has 0 radical (unpaired) electrons. The third-order valence-electron chi connectivity index (χ3n) is 2.75. The Morgan fingerprint density at radius 1 is 1.15 bits per heavy atom. The summed E-state index contributed by atoms with van der Waals surface area (Å²) in [6, 6.07) is -0.233. The predicted molar refractivity (Wildman–Crippen MR) is 49.9 cm³/mol. The third kappa shape index (κ3) is 2.18. The van der Waals surface area contributed by atoms with Crippen LogP contribution in [-0.2, 0) is 9.47 Å². The van der Waals surface area contributed by atoms with Gasteiger partial charge < -0.3 is 26.7 Å². The number of hydrogen-bond acceptors (Lipinski definition) is 5. The summed E-state index contributed by atoms with van der Waals surface area (Å²) >= 11 is 0. The van der Waals surface area contributed by atoms with Gasteiger partial charge in [-0.05, 0) is 6.42 Å². The molecule has 0 aliphatic heterocycles. The number of hydrogen-bond donors (Lipinski definition) is 3. The van der Waals surface area contributed by atoms with E-state index in [9.17, 15) is 0 Å². The van der Waals surface area contributed by atoms with Crippen molar-refractivity contribution in [3.63, 3.8) is 0 Å². The van der Waals surface area contributed by atoms with Gasteiger partial charge in [0.15, 0.2) is 0 Å². The molecule has 3 atom stereocenters. The molecule has 0 aromatic carbocycles. The van der Waals surface area contributed by atoms with Gasteiger partial charge in [0.05, 0.1) is 17.9 Å². The minimum Gasteiger partial charge on any atom is -0.379 e. The number of nitrogens with two attached hydrogens (primary N) is 3. The van der Waals surface area contributed by atoms with Crippen LogP contribution in [0.25, 0.3) is 0 Å². The first-order chi connectivity index (χ1) is 6.01. The Hall–Kier alpha value is -0.200. The second-order valence-electron chi connectivity index (χ2n) is 3.71. The molecule has 0 aromatic rings. The van der Waals surface area contributed by atoms with E-state index < -0.39 is 5.66 Å². The maximum absolute atomic E-state index is 5.82. The van der Waals surface area contributed by atoms with Gasteiger partial charge in [0.1, 0.15) is 0 Å². The molecule has 0 aromatic heterocycles. The first kappa shape index (κ1) is 10.9. The summed E-state index contributed by atoms with van der Waals surface area (Å²) in [6.45, 7) is 0. The lowest BCUT2D eigenvalue weighted by molar-refractivity contribution is -0.0799. The van der Waals surface area contributed by atoms with Crippen molar-refractivity contribution in [1.82, 2.24) is 0 Å². The maximum atomic E-state index is 5.82. The Kier molecular flexibility index (Phi) is 3.26. The van der Waals surface area contributed by atoms with Gasteiger partial charge in [-0.25, -0.2) is 0 Å². The topological polar surface area (TPSA) is 96.5 Å². The van der Waals surface area contributed by atoms with Crippen LogP contribution in [0.3, 0.4) is 0 Å². The van der Waals surface area contributed by atoms with Gasteiger partial charge in [0.25, 0.3) is 0 Å². The summed E-state index contributed by atoms with van der Waals surface area (Å²) in [5, 5.41) is 0. The first-order valence-corrected chi connectivity index (χ1v) is 4.40. The Morgan fingerprint density at radius 2 is 1.69 bits per heavy atom. The van der Waals surface area contributed by atoms with Crippen molar-refractivity contribution in [3.8, 4) is 0 Å². The molecule has 13 heavy (non-hydrogen) atoms. The Balaban J connectivity index is 2.66. The van der Waals surface area contributed by atoms with Crippen molar-refractivity contribution in [3.05, 3.63) is 0 Å². The molecule has 0 spiro atoms. The molecule has 78 valence electrons.